The third kappa shape index (κ3) is 3.09. The lowest BCUT2D eigenvalue weighted by molar-refractivity contribution is 0.0614. The number of alkyl halides is 1. The largest absolute Gasteiger partial charge is 0.335 e. The summed E-state index contributed by atoms with van der Waals surface area (Å²) in [5, 5.41) is 0. The van der Waals surface area contributed by atoms with E-state index in [1.54, 1.807) is 0 Å². The van der Waals surface area contributed by atoms with E-state index in [0.29, 0.717) is 11.9 Å². The predicted octanol–water partition coefficient (Wildman–Crippen LogP) is 4.44. The van der Waals surface area contributed by atoms with Crippen LogP contribution in [-0.2, 0) is 0 Å². The minimum atomic E-state index is 0.170. The van der Waals surface area contributed by atoms with Crippen LogP contribution in [0.1, 0.15) is 40.9 Å². The summed E-state index contributed by atoms with van der Waals surface area (Å²) in [7, 11) is 0. The predicted molar refractivity (Wildman–Crippen MR) is 80.8 cm³/mol. The lowest BCUT2D eigenvalue weighted by atomic mass is 10.00. The lowest BCUT2D eigenvalue weighted by Crippen LogP contribution is -2.43. The first-order valence-electron chi connectivity index (χ1n) is 6.26. The van der Waals surface area contributed by atoms with Crippen molar-refractivity contribution in [3.63, 3.8) is 0 Å². The molecule has 1 fully saturated rings. The van der Waals surface area contributed by atoms with Crippen LogP contribution in [0.15, 0.2) is 9.85 Å². The molecule has 1 aliphatic heterocycles. The molecule has 0 aliphatic carbocycles. The Kier molecular flexibility index (Phi) is 5.10. The van der Waals surface area contributed by atoms with Crippen molar-refractivity contribution in [2.45, 2.75) is 38.6 Å². The molecule has 2 heterocycles. The van der Waals surface area contributed by atoms with Crippen LogP contribution < -0.4 is 0 Å². The number of carbonyl (C=O) groups excluding carboxylic acids is 1. The van der Waals surface area contributed by atoms with Gasteiger partial charge in [-0.05, 0) is 60.2 Å². The van der Waals surface area contributed by atoms with Gasteiger partial charge in [-0.25, -0.2) is 0 Å². The van der Waals surface area contributed by atoms with Gasteiger partial charge in [-0.2, -0.15) is 0 Å². The van der Waals surface area contributed by atoms with Crippen molar-refractivity contribution < 1.29 is 4.79 Å². The second-order valence-corrected chi connectivity index (χ2v) is 7.44. The normalized spacial score (nSPS) is 20.2. The van der Waals surface area contributed by atoms with E-state index in [2.05, 4.69) is 15.9 Å². The quantitative estimate of drug-likeness (QED) is 0.738. The number of halogens is 2. The highest BCUT2D eigenvalue weighted by Gasteiger charge is 2.28. The van der Waals surface area contributed by atoms with Crippen LogP contribution in [0.5, 0.6) is 0 Å². The third-order valence-electron chi connectivity index (χ3n) is 3.40. The molecular formula is C13H17BrClNOS. The number of rotatable bonds is 3. The zero-order chi connectivity index (χ0) is 13.1. The van der Waals surface area contributed by atoms with Crippen molar-refractivity contribution in [1.29, 1.82) is 0 Å². The van der Waals surface area contributed by atoms with Gasteiger partial charge < -0.3 is 4.90 Å². The molecule has 0 spiro atoms. The van der Waals surface area contributed by atoms with Crippen LogP contribution in [0.4, 0.5) is 0 Å². The Labute approximate surface area is 125 Å². The smallest absolute Gasteiger partial charge is 0.264 e. The molecule has 1 amide bonds. The maximum Gasteiger partial charge on any atom is 0.264 e. The molecule has 2 nitrogen and oxygen atoms in total. The number of aryl methyl sites for hydroxylation is 1. The van der Waals surface area contributed by atoms with Gasteiger partial charge in [-0.15, -0.1) is 22.9 Å². The summed E-state index contributed by atoms with van der Waals surface area (Å²) >= 11 is 10.8. The highest BCUT2D eigenvalue weighted by molar-refractivity contribution is 9.11. The average molecular weight is 351 g/mol. The Morgan fingerprint density at radius 3 is 3.00 bits per heavy atom. The summed E-state index contributed by atoms with van der Waals surface area (Å²) in [4.78, 5) is 15.4. The van der Waals surface area contributed by atoms with Crippen LogP contribution in [0.2, 0.25) is 0 Å². The first-order chi connectivity index (χ1) is 8.63. The summed E-state index contributed by atoms with van der Waals surface area (Å²) < 4.78 is 1.05. The first-order valence-corrected chi connectivity index (χ1v) is 8.40. The molecule has 0 saturated carbocycles. The summed E-state index contributed by atoms with van der Waals surface area (Å²) in [6.07, 6.45) is 4.30. The van der Waals surface area contributed by atoms with Gasteiger partial charge in [0, 0.05) is 18.5 Å². The van der Waals surface area contributed by atoms with Crippen LogP contribution in [0, 0.1) is 6.92 Å². The van der Waals surface area contributed by atoms with Gasteiger partial charge in [0.15, 0.2) is 0 Å². The van der Waals surface area contributed by atoms with Crippen molar-refractivity contribution >= 4 is 44.8 Å². The summed E-state index contributed by atoms with van der Waals surface area (Å²) in [5.74, 6) is 0.797. The van der Waals surface area contributed by atoms with Gasteiger partial charge in [0.1, 0.15) is 0 Å². The monoisotopic (exact) mass is 349 g/mol. The number of piperidine rings is 1. The van der Waals surface area contributed by atoms with E-state index >= 15 is 0 Å². The first kappa shape index (κ1) is 14.4. The number of amides is 1. The Hall–Kier alpha value is -0.0600. The zero-order valence-corrected chi connectivity index (χ0v) is 13.6. The van der Waals surface area contributed by atoms with Gasteiger partial charge in [0.25, 0.3) is 5.91 Å². The van der Waals surface area contributed by atoms with Gasteiger partial charge in [0.2, 0.25) is 0 Å². The second-order valence-electron chi connectivity index (χ2n) is 4.69. The summed E-state index contributed by atoms with van der Waals surface area (Å²) in [6, 6.07) is 2.30. The molecular weight excluding hydrogens is 334 g/mol. The van der Waals surface area contributed by atoms with E-state index in [-0.39, 0.29) is 5.91 Å². The Morgan fingerprint density at radius 1 is 1.61 bits per heavy atom. The van der Waals surface area contributed by atoms with Crippen molar-refractivity contribution in [1.82, 2.24) is 4.90 Å². The second kappa shape index (κ2) is 6.40. The average Bonchev–Trinajstić information content (AvgIpc) is 2.70. The van der Waals surface area contributed by atoms with Gasteiger partial charge in [0.05, 0.1) is 8.66 Å². The van der Waals surface area contributed by atoms with Gasteiger partial charge >= 0.3 is 0 Å². The topological polar surface area (TPSA) is 20.3 Å². The van der Waals surface area contributed by atoms with Crippen LogP contribution in [0.3, 0.4) is 0 Å². The lowest BCUT2D eigenvalue weighted by Gasteiger charge is -2.35. The number of hydrogen-bond donors (Lipinski definition) is 0. The fourth-order valence-electron chi connectivity index (χ4n) is 2.40. The maximum atomic E-state index is 12.5. The molecule has 0 N–H and O–H groups in total. The Balaban J connectivity index is 2.15. The molecule has 1 atom stereocenters. The van der Waals surface area contributed by atoms with Crippen molar-refractivity contribution in [2.24, 2.45) is 0 Å². The molecule has 1 saturated heterocycles. The Morgan fingerprint density at radius 2 is 2.39 bits per heavy atom. The highest BCUT2D eigenvalue weighted by Crippen LogP contribution is 2.30. The molecule has 1 aliphatic rings. The molecule has 1 aromatic heterocycles. The summed E-state index contributed by atoms with van der Waals surface area (Å²) in [5.41, 5.74) is 1.13. The van der Waals surface area contributed by atoms with Crippen molar-refractivity contribution in [2.75, 3.05) is 12.4 Å². The van der Waals surface area contributed by atoms with E-state index in [0.717, 1.165) is 40.0 Å². The van der Waals surface area contributed by atoms with Crippen LogP contribution in [-0.4, -0.2) is 29.3 Å². The summed E-state index contributed by atoms with van der Waals surface area (Å²) in [6.45, 7) is 2.89. The SMILES string of the molecule is Cc1cc(C(=O)N2CCCCC2CCCl)sc1Br. The standard InChI is InChI=1S/C13H17BrClNOS/c1-9-8-11(18-12(9)14)13(17)16-7-3-2-4-10(16)5-6-15/h8,10H,2-7H2,1H3. The number of likely N-dealkylation sites (tertiary alicyclic amines) is 1. The molecule has 1 aromatic rings. The molecule has 18 heavy (non-hydrogen) atoms. The van der Waals surface area contributed by atoms with Gasteiger partial charge in [-0.3, -0.25) is 4.79 Å². The molecule has 1 unspecified atom stereocenters. The van der Waals surface area contributed by atoms with E-state index in [9.17, 15) is 4.79 Å². The third-order valence-corrected chi connectivity index (χ3v) is 5.74. The number of hydrogen-bond acceptors (Lipinski definition) is 2. The van der Waals surface area contributed by atoms with E-state index in [1.165, 1.54) is 17.8 Å². The van der Waals surface area contributed by atoms with E-state index < -0.39 is 0 Å². The minimum Gasteiger partial charge on any atom is -0.335 e. The van der Waals surface area contributed by atoms with Crippen molar-refractivity contribution in [3.8, 4) is 0 Å². The minimum absolute atomic E-state index is 0.170. The zero-order valence-electron chi connectivity index (χ0n) is 10.4. The Bertz CT molecular complexity index is 413. The highest BCUT2D eigenvalue weighted by atomic mass is 79.9. The van der Waals surface area contributed by atoms with E-state index in [1.807, 2.05) is 17.9 Å². The molecule has 0 radical (unpaired) electrons. The fourth-order valence-corrected chi connectivity index (χ4v) is 4.14. The van der Waals surface area contributed by atoms with Crippen LogP contribution >= 0.6 is 38.9 Å². The van der Waals surface area contributed by atoms with E-state index in [4.69, 9.17) is 11.6 Å². The van der Waals surface area contributed by atoms with Crippen LogP contribution in [0.25, 0.3) is 0 Å². The number of carbonyl (C=O) groups is 1. The molecule has 0 aromatic carbocycles. The number of thiophene rings is 1. The number of nitrogens with zero attached hydrogens (tertiary/aromatic N) is 1. The molecule has 5 heteroatoms. The van der Waals surface area contributed by atoms with Crippen molar-refractivity contribution in [3.05, 3.63) is 20.3 Å². The maximum absolute atomic E-state index is 12.5. The molecule has 2 rings (SSSR count). The van der Waals surface area contributed by atoms with Gasteiger partial charge in [-0.1, -0.05) is 0 Å². The molecule has 0 bridgehead atoms. The molecule has 100 valence electrons. The fraction of sp³-hybridized carbons (Fsp3) is 0.615.